The number of benzene rings is 7. The standard InChI is InChI=1S/C38H22.2C2H6/c1-3-11-27(12-4-1)19-21-33-35-23-29-15-7-9-17-31(29)25-37(35)34(22-20-28-13-5-2-6-14-28)38-26-32-18-10-8-16-30(32)24-36(33)38;2*1-2/h1-18,23-26H;2*1-2H3. The molecule has 0 aliphatic heterocycles. The molecule has 0 aliphatic carbocycles. The van der Waals surface area contributed by atoms with Gasteiger partial charge in [0.1, 0.15) is 0 Å². The van der Waals surface area contributed by atoms with E-state index in [0.29, 0.717) is 0 Å². The maximum atomic E-state index is 3.58. The molecule has 0 heteroatoms. The van der Waals surface area contributed by atoms with Crippen LogP contribution in [0.5, 0.6) is 0 Å². The zero-order valence-corrected chi connectivity index (χ0v) is 24.7. The highest BCUT2D eigenvalue weighted by molar-refractivity contribution is 6.16. The van der Waals surface area contributed by atoms with Crippen molar-refractivity contribution >= 4 is 43.1 Å². The Balaban J connectivity index is 0.000000847. The number of rotatable bonds is 0. The second-order valence-electron chi connectivity index (χ2n) is 9.47. The summed E-state index contributed by atoms with van der Waals surface area (Å²) in [5.41, 5.74) is 4.09. The molecule has 0 radical (unpaired) electrons. The van der Waals surface area contributed by atoms with E-state index in [1.807, 2.05) is 64.1 Å². The van der Waals surface area contributed by atoms with Gasteiger partial charge in [-0.15, -0.1) is 0 Å². The van der Waals surface area contributed by atoms with Crippen LogP contribution < -0.4 is 0 Å². The first kappa shape index (κ1) is 28.2. The maximum Gasteiger partial charge on any atom is 0.0407 e. The van der Waals surface area contributed by atoms with Crippen LogP contribution in [0, 0.1) is 23.7 Å². The Morgan fingerprint density at radius 3 is 0.857 bits per heavy atom. The van der Waals surface area contributed by atoms with Crippen molar-refractivity contribution in [1.82, 2.24) is 0 Å². The summed E-state index contributed by atoms with van der Waals surface area (Å²) >= 11 is 0. The third-order valence-corrected chi connectivity index (χ3v) is 7.06. The van der Waals surface area contributed by atoms with Gasteiger partial charge in [0.15, 0.2) is 0 Å². The van der Waals surface area contributed by atoms with Crippen molar-refractivity contribution in [3.8, 4) is 23.7 Å². The highest BCUT2D eigenvalue weighted by Crippen LogP contribution is 2.37. The Hall–Kier alpha value is -5.30. The molecule has 0 heterocycles. The molecule has 0 fully saturated rings. The molecule has 0 aromatic heterocycles. The molecule has 0 saturated heterocycles. The quantitative estimate of drug-likeness (QED) is 0.133. The molecule has 0 spiro atoms. The molecule has 0 unspecified atom stereocenters. The fourth-order valence-corrected chi connectivity index (χ4v) is 5.18. The SMILES string of the molecule is C(#Cc1c2cc3ccccc3cc2c(C#Cc2ccccc2)c2cc3ccccc3cc12)c1ccccc1.CC.CC. The number of fused-ring (bicyclic) bond motifs is 4. The first-order valence-corrected chi connectivity index (χ1v) is 14.8. The van der Waals surface area contributed by atoms with Crippen LogP contribution in [0.15, 0.2) is 133 Å². The third-order valence-electron chi connectivity index (χ3n) is 7.06. The van der Waals surface area contributed by atoms with E-state index in [0.717, 1.165) is 43.8 Å². The van der Waals surface area contributed by atoms with E-state index in [-0.39, 0.29) is 0 Å². The topological polar surface area (TPSA) is 0 Å². The summed E-state index contributed by atoms with van der Waals surface area (Å²) in [6, 6.07) is 46.6. The summed E-state index contributed by atoms with van der Waals surface area (Å²) in [6.45, 7) is 8.00. The molecule has 0 aliphatic rings. The molecular formula is C42H34. The molecular weight excluding hydrogens is 504 g/mol. The molecule has 42 heavy (non-hydrogen) atoms. The Morgan fingerprint density at radius 1 is 0.310 bits per heavy atom. The molecule has 7 aromatic carbocycles. The van der Waals surface area contributed by atoms with Crippen LogP contribution in [0.3, 0.4) is 0 Å². The lowest BCUT2D eigenvalue weighted by Crippen LogP contribution is -1.92. The average Bonchev–Trinajstić information content (AvgIpc) is 3.07. The van der Waals surface area contributed by atoms with Crippen LogP contribution in [-0.2, 0) is 0 Å². The van der Waals surface area contributed by atoms with Crippen molar-refractivity contribution in [2.45, 2.75) is 27.7 Å². The van der Waals surface area contributed by atoms with Crippen molar-refractivity contribution in [2.24, 2.45) is 0 Å². The minimum absolute atomic E-state index is 1.00. The zero-order chi connectivity index (χ0) is 29.3. The van der Waals surface area contributed by atoms with E-state index in [1.165, 1.54) is 21.5 Å². The summed E-state index contributed by atoms with van der Waals surface area (Å²) in [5, 5.41) is 9.32. The minimum atomic E-state index is 1.00. The molecule has 0 bridgehead atoms. The predicted octanol–water partition coefficient (Wildman–Crippen LogP) is 11.2. The highest BCUT2D eigenvalue weighted by atomic mass is 14.2. The molecule has 0 N–H and O–H groups in total. The van der Waals surface area contributed by atoms with Crippen molar-refractivity contribution in [1.29, 1.82) is 0 Å². The fraction of sp³-hybridized carbons (Fsp3) is 0.0952. The Bertz CT molecular complexity index is 1860. The first-order valence-electron chi connectivity index (χ1n) is 14.8. The minimum Gasteiger partial charge on any atom is -0.0683 e. The van der Waals surface area contributed by atoms with Crippen LogP contribution in [0.2, 0.25) is 0 Å². The normalized spacial score (nSPS) is 10.0. The van der Waals surface area contributed by atoms with Crippen molar-refractivity contribution in [2.75, 3.05) is 0 Å². The maximum absolute atomic E-state index is 3.58. The van der Waals surface area contributed by atoms with E-state index in [1.54, 1.807) is 0 Å². The monoisotopic (exact) mass is 538 g/mol. The summed E-state index contributed by atoms with van der Waals surface area (Å²) in [7, 11) is 0. The first-order chi connectivity index (χ1) is 20.8. The number of hydrogen-bond donors (Lipinski definition) is 0. The molecule has 7 rings (SSSR count). The van der Waals surface area contributed by atoms with Gasteiger partial charge in [-0.1, -0.05) is 136 Å². The lowest BCUT2D eigenvalue weighted by molar-refractivity contribution is 1.50. The zero-order valence-electron chi connectivity index (χ0n) is 24.7. The second-order valence-corrected chi connectivity index (χ2v) is 9.47. The van der Waals surface area contributed by atoms with Crippen LogP contribution in [0.4, 0.5) is 0 Å². The largest absolute Gasteiger partial charge is 0.0683 e. The van der Waals surface area contributed by atoms with Gasteiger partial charge in [0.25, 0.3) is 0 Å². The van der Waals surface area contributed by atoms with E-state index in [9.17, 15) is 0 Å². The second kappa shape index (κ2) is 13.4. The van der Waals surface area contributed by atoms with Gasteiger partial charge in [-0.25, -0.2) is 0 Å². The lowest BCUT2D eigenvalue weighted by Gasteiger charge is -2.14. The van der Waals surface area contributed by atoms with Crippen LogP contribution in [-0.4, -0.2) is 0 Å². The number of hydrogen-bond acceptors (Lipinski definition) is 0. The van der Waals surface area contributed by atoms with Gasteiger partial charge < -0.3 is 0 Å². The van der Waals surface area contributed by atoms with E-state index >= 15 is 0 Å². The smallest absolute Gasteiger partial charge is 0.0407 e. The van der Waals surface area contributed by atoms with Gasteiger partial charge >= 0.3 is 0 Å². The Labute approximate surface area is 249 Å². The van der Waals surface area contributed by atoms with Gasteiger partial charge in [0.05, 0.1) is 0 Å². The highest BCUT2D eigenvalue weighted by Gasteiger charge is 2.14. The van der Waals surface area contributed by atoms with E-state index in [4.69, 9.17) is 0 Å². The lowest BCUT2D eigenvalue weighted by atomic mass is 9.88. The molecule has 202 valence electrons. The van der Waals surface area contributed by atoms with Crippen molar-refractivity contribution in [3.05, 3.63) is 156 Å². The van der Waals surface area contributed by atoms with Gasteiger partial charge in [-0.2, -0.15) is 0 Å². The molecule has 0 saturated carbocycles. The Kier molecular flexibility index (Phi) is 8.99. The predicted molar refractivity (Wildman–Crippen MR) is 184 cm³/mol. The molecule has 7 aromatic rings. The van der Waals surface area contributed by atoms with Crippen LogP contribution in [0.1, 0.15) is 49.9 Å². The summed E-state index contributed by atoms with van der Waals surface area (Å²) in [4.78, 5) is 0. The van der Waals surface area contributed by atoms with Gasteiger partial charge in [-0.05, 0) is 91.6 Å². The summed E-state index contributed by atoms with van der Waals surface area (Å²) < 4.78 is 0. The van der Waals surface area contributed by atoms with E-state index < -0.39 is 0 Å². The van der Waals surface area contributed by atoms with Crippen LogP contribution in [0.25, 0.3) is 43.1 Å². The average molecular weight is 539 g/mol. The van der Waals surface area contributed by atoms with Gasteiger partial charge in [-0.3, -0.25) is 0 Å². The van der Waals surface area contributed by atoms with Gasteiger partial charge in [0, 0.05) is 22.3 Å². The molecule has 0 amide bonds. The van der Waals surface area contributed by atoms with Gasteiger partial charge in [0.2, 0.25) is 0 Å². The van der Waals surface area contributed by atoms with E-state index in [2.05, 4.69) is 121 Å². The van der Waals surface area contributed by atoms with Crippen molar-refractivity contribution < 1.29 is 0 Å². The summed E-state index contributed by atoms with van der Waals surface area (Å²) in [6.07, 6.45) is 0. The molecule has 0 atom stereocenters. The third kappa shape index (κ3) is 5.76. The summed E-state index contributed by atoms with van der Waals surface area (Å²) in [5.74, 6) is 14.0. The van der Waals surface area contributed by atoms with Crippen LogP contribution >= 0.6 is 0 Å². The Morgan fingerprint density at radius 2 is 0.571 bits per heavy atom. The fourth-order valence-electron chi connectivity index (χ4n) is 5.18. The van der Waals surface area contributed by atoms with Crippen molar-refractivity contribution in [3.63, 3.8) is 0 Å². The molecule has 0 nitrogen and oxygen atoms in total.